The third-order valence-electron chi connectivity index (χ3n) is 0. The molecular weight excluding hydrogens is 341 g/mol. The van der Waals surface area contributed by atoms with E-state index in [2.05, 4.69) is 0 Å². The summed E-state index contributed by atoms with van der Waals surface area (Å²) in [5.74, 6) is 0. The summed E-state index contributed by atoms with van der Waals surface area (Å²) in [4.78, 5) is 0. The second-order valence-electron chi connectivity index (χ2n) is 0. The molecule has 0 atom stereocenters. The molecule has 0 amide bonds. The van der Waals surface area contributed by atoms with Gasteiger partial charge in [-0.1, -0.05) is 0 Å². The van der Waals surface area contributed by atoms with E-state index in [0.717, 1.165) is 35.9 Å². The van der Waals surface area contributed by atoms with Crippen molar-refractivity contribution in [2.75, 3.05) is 0 Å². The first-order chi connectivity index (χ1) is 2.00. The van der Waals surface area contributed by atoms with Crippen LogP contribution in [0.5, 0.6) is 0 Å². The van der Waals surface area contributed by atoms with Gasteiger partial charge in [-0.15, -0.1) is 0 Å². The summed E-state index contributed by atoms with van der Waals surface area (Å²) in [7, 11) is 0. The summed E-state index contributed by atoms with van der Waals surface area (Å²) in [6.45, 7) is 0. The van der Waals surface area contributed by atoms with Crippen LogP contribution in [0.1, 0.15) is 0 Å². The van der Waals surface area contributed by atoms with E-state index in [1.807, 2.05) is 0 Å². The van der Waals surface area contributed by atoms with Crippen LogP contribution in [-0.2, 0) is 2.48 Å². The van der Waals surface area contributed by atoms with Crippen LogP contribution in [0.25, 0.3) is 0 Å². The molecule has 0 radical (unpaired) electrons. The fourth-order valence-electron chi connectivity index (χ4n) is 0. The molecule has 0 saturated heterocycles. The minimum atomic E-state index is 0.0556. The van der Waals surface area contributed by atoms with E-state index in [1.165, 1.54) is 0 Å². The Labute approximate surface area is 75.2 Å². The van der Waals surface area contributed by atoms with Crippen molar-refractivity contribution in [1.29, 1.82) is 0 Å². The van der Waals surface area contributed by atoms with Gasteiger partial charge in [-0.25, -0.2) is 0 Å². The van der Waals surface area contributed by atoms with Gasteiger partial charge in [-0.05, 0) is 0 Å². The summed E-state index contributed by atoms with van der Waals surface area (Å²) in [6.07, 6.45) is 0. The number of hydrogen-bond donors (Lipinski definition) is 0. The van der Waals surface area contributed by atoms with Crippen LogP contribution in [-0.4, -0.2) is 0 Å². The van der Waals surface area contributed by atoms with Crippen LogP contribution < -0.4 is 0 Å². The molecule has 0 aliphatic carbocycles. The van der Waals surface area contributed by atoms with Crippen molar-refractivity contribution in [3.63, 3.8) is 0 Å². The van der Waals surface area contributed by atoms with Crippen LogP contribution in [0.3, 0.4) is 0 Å². The average Bonchev–Trinajstić information content (AvgIpc) is 1.50. The van der Waals surface area contributed by atoms with Crippen molar-refractivity contribution in [1.82, 2.24) is 0 Å². The van der Waals surface area contributed by atoms with Gasteiger partial charge < -0.3 is 0 Å². The third-order valence-corrected chi connectivity index (χ3v) is 0. The first kappa shape index (κ1) is 9.51. The van der Waals surface area contributed by atoms with Crippen molar-refractivity contribution >= 4 is 0 Å². The second-order valence-corrected chi connectivity index (χ2v) is 0. The molecule has 0 saturated carbocycles. The molecule has 27 valence electrons. The Hall–Kier alpha value is 2.21. The Balaban J connectivity index is 0. The first-order valence-electron chi connectivity index (χ1n) is 0.327. The first-order valence-corrected chi connectivity index (χ1v) is 2.43. The molecule has 0 rings (SSSR count). The van der Waals surface area contributed by atoms with Gasteiger partial charge in [0.25, 0.3) is 0 Å². The van der Waals surface area contributed by atoms with E-state index in [0.29, 0.717) is 0 Å². The maximum absolute atomic E-state index is 8.39. The number of rotatable bonds is 0. The summed E-state index contributed by atoms with van der Waals surface area (Å²) < 4.78 is 16.6. The normalized spacial score (nSPS) is 2.25. The second kappa shape index (κ2) is 18.9. The van der Waals surface area contributed by atoms with Crippen molar-refractivity contribution in [3.05, 3.63) is 0 Å². The van der Waals surface area contributed by atoms with Gasteiger partial charge in [-0.3, -0.25) is 0 Å². The van der Waals surface area contributed by atoms with Gasteiger partial charge in [0.2, 0.25) is 0 Å². The zero-order valence-corrected chi connectivity index (χ0v) is 6.76. The predicted octanol–water partition coefficient (Wildman–Crippen LogP) is -0.238. The Morgan fingerprint density at radius 3 is 1.25 bits per heavy atom. The Morgan fingerprint density at radius 1 is 1.25 bits per heavy atom. The molecule has 0 aliphatic heterocycles. The van der Waals surface area contributed by atoms with Gasteiger partial charge in [-0.2, -0.15) is 0 Å². The molecule has 0 spiro atoms. The molecule has 0 N–H and O–H groups in total. The van der Waals surface area contributed by atoms with Crippen LogP contribution in [0.4, 0.5) is 0 Å². The Kier molecular flexibility index (Phi) is 45.0. The molecule has 0 aromatic carbocycles. The van der Waals surface area contributed by atoms with E-state index in [-0.39, 0.29) is 38.9 Å². The average molecular weight is 341 g/mol. The SMILES string of the molecule is [O]=[Ho].[O]=[Nd]. The van der Waals surface area contributed by atoms with E-state index < -0.39 is 0 Å². The molecule has 0 aliphatic rings. The van der Waals surface area contributed by atoms with Crippen LogP contribution in [0, 0.1) is 74.8 Å². The third kappa shape index (κ3) is 8.88. The molecule has 0 aromatic rings. The fourth-order valence-corrected chi connectivity index (χ4v) is 0. The van der Waals surface area contributed by atoms with E-state index in [9.17, 15) is 0 Å². The van der Waals surface area contributed by atoms with Crippen LogP contribution >= 0.6 is 0 Å². The Morgan fingerprint density at radius 2 is 1.25 bits per heavy atom. The van der Waals surface area contributed by atoms with E-state index in [1.54, 1.807) is 0 Å². The molecule has 4 heavy (non-hydrogen) atoms. The van der Waals surface area contributed by atoms with Crippen molar-refractivity contribution in [3.8, 4) is 0 Å². The topological polar surface area (TPSA) is 34.1 Å². The standard InChI is InChI=1S/Ho.Nd.2O. The van der Waals surface area contributed by atoms with Gasteiger partial charge in [0, 0.05) is 0 Å². The van der Waals surface area contributed by atoms with Crippen LogP contribution in [0.15, 0.2) is 0 Å². The van der Waals surface area contributed by atoms with Gasteiger partial charge in [0.15, 0.2) is 0 Å². The van der Waals surface area contributed by atoms with Gasteiger partial charge in [0.05, 0.1) is 0 Å². The minimum absolute atomic E-state index is 0.0556. The molecule has 0 aromatic heterocycles. The fraction of sp³-hybridized carbons (Fsp3) is 0. The molecule has 4 heteroatoms. The monoisotopic (exact) mass is 339 g/mol. The van der Waals surface area contributed by atoms with Crippen LogP contribution in [0.2, 0.25) is 0 Å². The number of hydrogen-bond acceptors (Lipinski definition) is 2. The quantitative estimate of drug-likeness (QED) is 0.570. The van der Waals surface area contributed by atoms with E-state index >= 15 is 0 Å². The van der Waals surface area contributed by atoms with Crippen molar-refractivity contribution in [2.45, 2.75) is 0 Å². The summed E-state index contributed by atoms with van der Waals surface area (Å²) in [5, 5.41) is 0. The van der Waals surface area contributed by atoms with E-state index in [4.69, 9.17) is 2.48 Å². The molecule has 2 nitrogen and oxygen atoms in total. The summed E-state index contributed by atoms with van der Waals surface area (Å²) in [6, 6.07) is 0. The molecule has 0 heterocycles. The predicted molar refractivity (Wildman–Crippen MR) is 1.37 cm³/mol. The van der Waals surface area contributed by atoms with Gasteiger partial charge in [0.1, 0.15) is 0 Å². The van der Waals surface area contributed by atoms with Gasteiger partial charge >= 0.3 is 77.3 Å². The molecule has 0 bridgehead atoms. The maximum atomic E-state index is 8.39. The summed E-state index contributed by atoms with van der Waals surface area (Å²) >= 11 is 1.08. The summed E-state index contributed by atoms with van der Waals surface area (Å²) in [5.41, 5.74) is 0. The van der Waals surface area contributed by atoms with Crippen molar-refractivity contribution in [2.24, 2.45) is 0 Å². The zero-order chi connectivity index (χ0) is 4.00. The molecular formula is HoNdO2. The van der Waals surface area contributed by atoms with Crippen molar-refractivity contribution < 1.29 is 77.3 Å². The Bertz CT molecular complexity index is 8.00. The zero-order valence-electron chi connectivity index (χ0n) is 1.62. The molecule has 0 unspecified atom stereocenters. The molecule has 0 fully saturated rings.